The van der Waals surface area contributed by atoms with Crippen LogP contribution >= 0.6 is 24.0 Å². The molecule has 1 heterocycles. The van der Waals surface area contributed by atoms with E-state index in [0.29, 0.717) is 18.2 Å². The molecule has 1 aliphatic heterocycles. The summed E-state index contributed by atoms with van der Waals surface area (Å²) in [5, 5.41) is 3.55. The monoisotopic (exact) mass is 367 g/mol. The maximum absolute atomic E-state index is 5.93. The molecular formula is C13H26IN3O. The quantitative estimate of drug-likeness (QED) is 0.777. The number of nitrogens with one attached hydrogen (secondary N) is 1. The van der Waals surface area contributed by atoms with Crippen molar-refractivity contribution in [3.8, 4) is 0 Å². The van der Waals surface area contributed by atoms with Crippen molar-refractivity contribution < 1.29 is 4.74 Å². The van der Waals surface area contributed by atoms with Gasteiger partial charge in [0.05, 0.1) is 18.8 Å². The van der Waals surface area contributed by atoms with Gasteiger partial charge in [0.25, 0.3) is 0 Å². The van der Waals surface area contributed by atoms with Gasteiger partial charge in [-0.3, -0.25) is 4.99 Å². The largest absolute Gasteiger partial charge is 0.375 e. The minimum Gasteiger partial charge on any atom is -0.375 e. The summed E-state index contributed by atoms with van der Waals surface area (Å²) in [4.78, 5) is 6.67. The summed E-state index contributed by atoms with van der Waals surface area (Å²) < 4.78 is 5.93. The van der Waals surface area contributed by atoms with E-state index in [1.54, 1.807) is 0 Å². The van der Waals surface area contributed by atoms with Crippen molar-refractivity contribution in [1.82, 2.24) is 10.2 Å². The standard InChI is InChI=1S/C13H25N3O.HI/c1-9(2)17-11-8-10(13(11,3)4)15-12-14-6-7-16(12)5;/h9-11H,6-8H2,1-5H3,(H,14,15);1H. The van der Waals surface area contributed by atoms with Crippen molar-refractivity contribution in [2.75, 3.05) is 20.1 Å². The van der Waals surface area contributed by atoms with Gasteiger partial charge in [-0.2, -0.15) is 0 Å². The highest BCUT2D eigenvalue weighted by Crippen LogP contribution is 2.43. The van der Waals surface area contributed by atoms with Gasteiger partial charge < -0.3 is 15.0 Å². The molecule has 1 aliphatic carbocycles. The third-order valence-corrected chi connectivity index (χ3v) is 3.98. The van der Waals surface area contributed by atoms with E-state index >= 15 is 0 Å². The molecule has 2 rings (SSSR count). The van der Waals surface area contributed by atoms with Crippen LogP contribution in [0.4, 0.5) is 0 Å². The summed E-state index contributed by atoms with van der Waals surface area (Å²) in [6.45, 7) is 10.7. The van der Waals surface area contributed by atoms with E-state index in [0.717, 1.165) is 25.5 Å². The Kier molecular flexibility index (Phi) is 5.29. The molecule has 0 aromatic heterocycles. The molecule has 18 heavy (non-hydrogen) atoms. The molecule has 0 aromatic rings. The highest BCUT2D eigenvalue weighted by Gasteiger charge is 2.50. The van der Waals surface area contributed by atoms with Gasteiger partial charge in [-0.15, -0.1) is 24.0 Å². The number of aliphatic imine (C=N–C) groups is 1. The molecule has 2 unspecified atom stereocenters. The van der Waals surface area contributed by atoms with Crippen LogP contribution in [-0.2, 0) is 4.74 Å². The van der Waals surface area contributed by atoms with E-state index in [4.69, 9.17) is 4.74 Å². The summed E-state index contributed by atoms with van der Waals surface area (Å²) in [5.74, 6) is 1.05. The molecule has 106 valence electrons. The third-order valence-electron chi connectivity index (χ3n) is 3.98. The Morgan fingerprint density at radius 1 is 1.44 bits per heavy atom. The normalized spacial score (nSPS) is 29.7. The highest BCUT2D eigenvalue weighted by molar-refractivity contribution is 14.0. The molecule has 2 aliphatic rings. The maximum Gasteiger partial charge on any atom is 0.194 e. The number of halogens is 1. The molecule has 0 radical (unpaired) electrons. The van der Waals surface area contributed by atoms with Gasteiger partial charge in [-0.05, 0) is 20.3 Å². The van der Waals surface area contributed by atoms with Crippen molar-refractivity contribution in [2.45, 2.75) is 52.4 Å². The summed E-state index contributed by atoms with van der Waals surface area (Å²) in [6, 6.07) is 0.477. The zero-order valence-corrected chi connectivity index (χ0v) is 14.4. The van der Waals surface area contributed by atoms with Gasteiger partial charge >= 0.3 is 0 Å². The topological polar surface area (TPSA) is 36.9 Å². The number of hydrogen-bond acceptors (Lipinski definition) is 4. The summed E-state index contributed by atoms with van der Waals surface area (Å²) in [5.41, 5.74) is 0.191. The SMILES string of the molecule is CC(C)OC1CC(NC2=NCCN2C)C1(C)C.I. The fraction of sp³-hybridized carbons (Fsp3) is 0.923. The Balaban J connectivity index is 0.00000162. The van der Waals surface area contributed by atoms with E-state index in [9.17, 15) is 0 Å². The second-order valence-electron chi connectivity index (χ2n) is 6.05. The predicted octanol–water partition coefficient (Wildman–Crippen LogP) is 2.09. The maximum atomic E-state index is 5.93. The lowest BCUT2D eigenvalue weighted by atomic mass is 9.64. The van der Waals surface area contributed by atoms with Crippen LogP contribution < -0.4 is 5.32 Å². The van der Waals surface area contributed by atoms with E-state index in [2.05, 4.69) is 50.0 Å². The third kappa shape index (κ3) is 3.10. The van der Waals surface area contributed by atoms with Crippen molar-refractivity contribution in [3.05, 3.63) is 0 Å². The van der Waals surface area contributed by atoms with Gasteiger partial charge in [-0.25, -0.2) is 0 Å². The number of rotatable bonds is 3. The molecule has 1 fully saturated rings. The van der Waals surface area contributed by atoms with E-state index < -0.39 is 0 Å². The zero-order chi connectivity index (χ0) is 12.6. The number of ether oxygens (including phenoxy) is 1. The Hall–Kier alpha value is -0.0400. The van der Waals surface area contributed by atoms with Gasteiger partial charge in [0.15, 0.2) is 5.96 Å². The van der Waals surface area contributed by atoms with Gasteiger partial charge in [0.2, 0.25) is 0 Å². The van der Waals surface area contributed by atoms with Gasteiger partial charge in [0.1, 0.15) is 0 Å². The lowest BCUT2D eigenvalue weighted by molar-refractivity contribution is -0.135. The van der Waals surface area contributed by atoms with Crippen LogP contribution in [0, 0.1) is 5.41 Å². The van der Waals surface area contributed by atoms with Crippen LogP contribution in [-0.4, -0.2) is 49.2 Å². The first-order valence-electron chi connectivity index (χ1n) is 6.59. The minimum absolute atomic E-state index is 0. The van der Waals surface area contributed by atoms with Crippen molar-refractivity contribution in [3.63, 3.8) is 0 Å². The molecule has 2 atom stereocenters. The number of hydrogen-bond donors (Lipinski definition) is 1. The fourth-order valence-electron chi connectivity index (χ4n) is 2.53. The van der Waals surface area contributed by atoms with E-state index in [-0.39, 0.29) is 29.4 Å². The Bertz CT molecular complexity index is 317. The van der Waals surface area contributed by atoms with Crippen molar-refractivity contribution >= 4 is 29.9 Å². The fourth-order valence-corrected chi connectivity index (χ4v) is 2.53. The molecule has 0 spiro atoms. The first-order valence-corrected chi connectivity index (χ1v) is 6.59. The summed E-state index contributed by atoms with van der Waals surface area (Å²) >= 11 is 0. The molecular weight excluding hydrogens is 341 g/mol. The van der Waals surface area contributed by atoms with Crippen LogP contribution in [0.5, 0.6) is 0 Å². The second kappa shape index (κ2) is 5.94. The van der Waals surface area contributed by atoms with Crippen LogP contribution in [0.25, 0.3) is 0 Å². The zero-order valence-electron chi connectivity index (χ0n) is 12.1. The minimum atomic E-state index is 0. The Labute approximate surface area is 128 Å². The smallest absolute Gasteiger partial charge is 0.194 e. The second-order valence-corrected chi connectivity index (χ2v) is 6.05. The van der Waals surface area contributed by atoms with Crippen LogP contribution in [0.15, 0.2) is 4.99 Å². The van der Waals surface area contributed by atoms with Gasteiger partial charge in [0, 0.05) is 25.0 Å². The molecule has 5 heteroatoms. The molecule has 1 N–H and O–H groups in total. The predicted molar refractivity (Wildman–Crippen MR) is 85.7 cm³/mol. The van der Waals surface area contributed by atoms with E-state index in [1.165, 1.54) is 0 Å². The summed E-state index contributed by atoms with van der Waals surface area (Å²) in [7, 11) is 2.09. The number of guanidine groups is 1. The van der Waals surface area contributed by atoms with Crippen molar-refractivity contribution in [1.29, 1.82) is 0 Å². The molecule has 0 bridgehead atoms. The lowest BCUT2D eigenvalue weighted by Gasteiger charge is -2.52. The average molecular weight is 367 g/mol. The number of likely N-dealkylation sites (N-methyl/N-ethyl adjacent to an activating group) is 1. The van der Waals surface area contributed by atoms with Crippen LogP contribution in [0.3, 0.4) is 0 Å². The Morgan fingerprint density at radius 3 is 2.56 bits per heavy atom. The van der Waals surface area contributed by atoms with Gasteiger partial charge in [-0.1, -0.05) is 13.8 Å². The first kappa shape index (κ1) is 16.0. The first-order chi connectivity index (χ1) is 7.91. The van der Waals surface area contributed by atoms with Crippen LogP contribution in [0.1, 0.15) is 34.1 Å². The molecule has 4 nitrogen and oxygen atoms in total. The van der Waals surface area contributed by atoms with Crippen LogP contribution in [0.2, 0.25) is 0 Å². The molecule has 0 saturated heterocycles. The average Bonchev–Trinajstić information content (AvgIpc) is 2.62. The lowest BCUT2D eigenvalue weighted by Crippen LogP contribution is -2.63. The highest BCUT2D eigenvalue weighted by atomic mass is 127. The van der Waals surface area contributed by atoms with Crippen molar-refractivity contribution in [2.24, 2.45) is 10.4 Å². The molecule has 1 saturated carbocycles. The molecule has 0 aromatic carbocycles. The molecule has 0 amide bonds. The van der Waals surface area contributed by atoms with E-state index in [1.807, 2.05) is 0 Å². The summed E-state index contributed by atoms with van der Waals surface area (Å²) in [6.07, 6.45) is 1.76. The number of nitrogens with zero attached hydrogens (tertiary/aromatic N) is 2. The Morgan fingerprint density at radius 2 is 2.11 bits per heavy atom.